The topological polar surface area (TPSA) is 93.3 Å². The molecule has 3 heterocycles. The molecule has 0 bridgehead atoms. The number of fused-ring (bicyclic) bond motifs is 1. The molecule has 4 aromatic rings. The molecule has 0 aliphatic carbocycles. The minimum Gasteiger partial charge on any atom is -0.385 e. The number of pyridine rings is 1. The minimum absolute atomic E-state index is 0.115. The summed E-state index contributed by atoms with van der Waals surface area (Å²) in [6, 6.07) is 22.1. The second-order valence-corrected chi connectivity index (χ2v) is 10.6. The van der Waals surface area contributed by atoms with Gasteiger partial charge in [0.2, 0.25) is 11.5 Å². The van der Waals surface area contributed by atoms with Gasteiger partial charge < -0.3 is 24.9 Å². The van der Waals surface area contributed by atoms with Crippen LogP contribution in [0.3, 0.4) is 0 Å². The number of nitrogens with one attached hydrogen (secondary N) is 1. The van der Waals surface area contributed by atoms with Crippen molar-refractivity contribution in [1.29, 1.82) is 0 Å². The maximum atomic E-state index is 13.3. The highest BCUT2D eigenvalue weighted by Crippen LogP contribution is 2.32. The Kier molecular flexibility index (Phi) is 8.59. The van der Waals surface area contributed by atoms with E-state index in [2.05, 4.69) is 39.9 Å². The number of hydrogen-bond donors (Lipinski definition) is 2. The monoisotopic (exact) mass is 526 g/mol. The maximum absolute atomic E-state index is 13.3. The number of carbonyl (C=O) groups is 1. The molecule has 1 aliphatic heterocycles. The van der Waals surface area contributed by atoms with Crippen LogP contribution < -0.4 is 11.3 Å². The number of likely N-dealkylation sites (tertiary alicyclic amines) is 1. The molecule has 0 saturated carbocycles. The molecule has 3 N–H and O–H groups in total. The first-order valence-corrected chi connectivity index (χ1v) is 13.9. The number of aromatic nitrogens is 2. The van der Waals surface area contributed by atoms with Crippen molar-refractivity contribution in [3.63, 3.8) is 0 Å². The molecule has 0 spiro atoms. The summed E-state index contributed by atoms with van der Waals surface area (Å²) in [6.45, 7) is 3.17. The van der Waals surface area contributed by atoms with Crippen molar-refractivity contribution < 1.29 is 9.53 Å². The number of nitrogens with zero attached hydrogens (tertiary/aromatic N) is 2. The van der Waals surface area contributed by atoms with Gasteiger partial charge in [0.25, 0.3) is 0 Å². The first-order chi connectivity index (χ1) is 19.0. The Bertz CT molecular complexity index is 1440. The van der Waals surface area contributed by atoms with Gasteiger partial charge in [-0.15, -0.1) is 0 Å². The molecule has 5 rings (SSSR count). The van der Waals surface area contributed by atoms with Crippen molar-refractivity contribution in [2.45, 2.75) is 50.6 Å². The lowest BCUT2D eigenvalue weighted by atomic mass is 9.93. The molecule has 1 saturated heterocycles. The van der Waals surface area contributed by atoms with E-state index in [0.29, 0.717) is 18.8 Å². The van der Waals surface area contributed by atoms with Gasteiger partial charge in [-0.2, -0.15) is 0 Å². The third-order valence-corrected chi connectivity index (χ3v) is 7.77. The zero-order valence-corrected chi connectivity index (χ0v) is 22.6. The van der Waals surface area contributed by atoms with Crippen molar-refractivity contribution in [2.24, 2.45) is 5.73 Å². The van der Waals surface area contributed by atoms with Crippen LogP contribution in [-0.2, 0) is 22.5 Å². The summed E-state index contributed by atoms with van der Waals surface area (Å²) in [6.07, 6.45) is 5.73. The Labute approximate surface area is 229 Å². The van der Waals surface area contributed by atoms with Gasteiger partial charge in [0.1, 0.15) is 0 Å². The van der Waals surface area contributed by atoms with E-state index < -0.39 is 0 Å². The molecular formula is C32H38N4O3. The van der Waals surface area contributed by atoms with Crippen LogP contribution >= 0.6 is 0 Å². The van der Waals surface area contributed by atoms with E-state index in [0.717, 1.165) is 62.2 Å². The lowest BCUT2D eigenvalue weighted by molar-refractivity contribution is -0.132. The smallest absolute Gasteiger partial charge is 0.247 e. The quantitative estimate of drug-likeness (QED) is 0.293. The molecule has 7 heteroatoms. The van der Waals surface area contributed by atoms with Crippen molar-refractivity contribution in [3.05, 3.63) is 94.5 Å². The average Bonchev–Trinajstić information content (AvgIpc) is 3.33. The van der Waals surface area contributed by atoms with Gasteiger partial charge in [-0.1, -0.05) is 42.5 Å². The predicted molar refractivity (Wildman–Crippen MR) is 156 cm³/mol. The number of hydrogen-bond acceptors (Lipinski definition) is 4. The van der Waals surface area contributed by atoms with Crippen molar-refractivity contribution >= 4 is 16.8 Å². The molecule has 2 unspecified atom stereocenters. The molecule has 2 aromatic heterocycles. The fourth-order valence-corrected chi connectivity index (χ4v) is 5.78. The van der Waals surface area contributed by atoms with E-state index in [1.54, 1.807) is 13.3 Å². The zero-order valence-electron chi connectivity index (χ0n) is 22.6. The molecule has 39 heavy (non-hydrogen) atoms. The number of aryl methyl sites for hydroxylation is 1. The SMILES string of the molecule is COCCCn1c(C2CCCN(C(=O)CC(N)Cc3ccc(-c4ccc(=O)[nH]c4)cc3)C2)cc2ccccc21. The molecule has 2 aromatic carbocycles. The fourth-order valence-electron chi connectivity index (χ4n) is 5.78. The number of piperidine rings is 1. The summed E-state index contributed by atoms with van der Waals surface area (Å²) >= 11 is 0. The molecular weight excluding hydrogens is 488 g/mol. The number of para-hydroxylation sites is 1. The van der Waals surface area contributed by atoms with E-state index >= 15 is 0 Å². The van der Waals surface area contributed by atoms with Gasteiger partial charge in [0.15, 0.2) is 0 Å². The zero-order chi connectivity index (χ0) is 27.2. The number of nitrogens with two attached hydrogens (primary N) is 1. The molecule has 1 fully saturated rings. The normalized spacial score (nSPS) is 16.5. The number of aromatic amines is 1. The van der Waals surface area contributed by atoms with Gasteiger partial charge in [-0.3, -0.25) is 9.59 Å². The minimum atomic E-state index is -0.239. The molecule has 0 radical (unpaired) electrons. The van der Waals surface area contributed by atoms with Gasteiger partial charge in [0.05, 0.1) is 0 Å². The Balaban J connectivity index is 1.21. The number of rotatable bonds is 10. The molecule has 204 valence electrons. The first kappa shape index (κ1) is 26.9. The number of amides is 1. The first-order valence-electron chi connectivity index (χ1n) is 13.9. The van der Waals surface area contributed by atoms with Gasteiger partial charge in [-0.05, 0) is 66.0 Å². The highest BCUT2D eigenvalue weighted by atomic mass is 16.5. The Morgan fingerprint density at radius 3 is 2.67 bits per heavy atom. The van der Waals surface area contributed by atoms with E-state index in [1.165, 1.54) is 22.7 Å². The molecule has 1 aliphatic rings. The largest absolute Gasteiger partial charge is 0.385 e. The predicted octanol–water partition coefficient (Wildman–Crippen LogP) is 4.70. The summed E-state index contributed by atoms with van der Waals surface area (Å²) in [5.74, 6) is 0.452. The Hall–Kier alpha value is -3.68. The number of ether oxygens (including phenoxy) is 1. The maximum Gasteiger partial charge on any atom is 0.247 e. The number of carbonyl (C=O) groups excluding carboxylic acids is 1. The second-order valence-electron chi connectivity index (χ2n) is 10.6. The second kappa shape index (κ2) is 12.5. The van der Waals surface area contributed by atoms with Crippen LogP contribution in [-0.4, -0.2) is 53.2 Å². The number of benzene rings is 2. The van der Waals surface area contributed by atoms with Gasteiger partial charge >= 0.3 is 0 Å². The van der Waals surface area contributed by atoms with E-state index in [-0.39, 0.29) is 17.5 Å². The summed E-state index contributed by atoms with van der Waals surface area (Å²) < 4.78 is 7.73. The Morgan fingerprint density at radius 2 is 1.90 bits per heavy atom. The molecule has 1 amide bonds. The summed E-state index contributed by atoms with van der Waals surface area (Å²) in [7, 11) is 1.74. The summed E-state index contributed by atoms with van der Waals surface area (Å²) in [5.41, 5.74) is 12.0. The van der Waals surface area contributed by atoms with Crippen LogP contribution in [0, 0.1) is 0 Å². The van der Waals surface area contributed by atoms with E-state index in [1.807, 2.05) is 35.2 Å². The molecule has 7 nitrogen and oxygen atoms in total. The standard InChI is InChI=1S/C32H38N4O3/c1-39-17-5-16-36-29-8-3-2-6-25(29)19-30(36)27-7-4-15-35(22-27)32(38)20-28(33)18-23-9-11-24(12-10-23)26-13-14-31(37)34-21-26/h2-3,6,8-14,19,21,27-28H,4-5,7,15-18,20,22,33H2,1H3,(H,34,37). The highest BCUT2D eigenvalue weighted by Gasteiger charge is 2.28. The third kappa shape index (κ3) is 6.49. The average molecular weight is 527 g/mol. The lowest BCUT2D eigenvalue weighted by Crippen LogP contribution is -2.42. The number of H-pyrrole nitrogens is 1. The third-order valence-electron chi connectivity index (χ3n) is 7.77. The van der Waals surface area contributed by atoms with E-state index in [4.69, 9.17) is 10.5 Å². The van der Waals surface area contributed by atoms with Crippen molar-refractivity contribution in [3.8, 4) is 11.1 Å². The van der Waals surface area contributed by atoms with Crippen LogP contribution in [0.1, 0.15) is 42.9 Å². The van der Waals surface area contributed by atoms with Crippen LogP contribution in [0.25, 0.3) is 22.0 Å². The highest BCUT2D eigenvalue weighted by molar-refractivity contribution is 5.82. The molecule has 2 atom stereocenters. The fraction of sp³-hybridized carbons (Fsp3) is 0.375. The van der Waals surface area contributed by atoms with Crippen LogP contribution in [0.2, 0.25) is 0 Å². The van der Waals surface area contributed by atoms with Gasteiger partial charge in [-0.25, -0.2) is 0 Å². The van der Waals surface area contributed by atoms with Crippen molar-refractivity contribution in [2.75, 3.05) is 26.8 Å². The summed E-state index contributed by atoms with van der Waals surface area (Å²) in [4.78, 5) is 29.3. The van der Waals surface area contributed by atoms with Crippen molar-refractivity contribution in [1.82, 2.24) is 14.5 Å². The lowest BCUT2D eigenvalue weighted by Gasteiger charge is -2.34. The van der Waals surface area contributed by atoms with Crippen LogP contribution in [0.5, 0.6) is 0 Å². The van der Waals surface area contributed by atoms with E-state index in [9.17, 15) is 9.59 Å². The number of methoxy groups -OCH3 is 1. The van der Waals surface area contributed by atoms with Crippen LogP contribution in [0.4, 0.5) is 0 Å². The Morgan fingerprint density at radius 1 is 1.10 bits per heavy atom. The van der Waals surface area contributed by atoms with Crippen LogP contribution in [0.15, 0.2) is 77.7 Å². The summed E-state index contributed by atoms with van der Waals surface area (Å²) in [5, 5.41) is 1.25. The van der Waals surface area contributed by atoms with Gasteiger partial charge in [0, 0.05) is 75.2 Å².